The molecule has 0 bridgehead atoms. The maximum Gasteiger partial charge on any atom is 0.445 e. The summed E-state index contributed by atoms with van der Waals surface area (Å²) in [7, 11) is 0. The summed E-state index contributed by atoms with van der Waals surface area (Å²) in [5, 5.41) is 9.59. The molecular weight excluding hydrogens is 455 g/mol. The summed E-state index contributed by atoms with van der Waals surface area (Å²) in [5.74, 6) is -2.69. The molecule has 2 aromatic rings. The minimum Gasteiger partial charge on any atom is -0.488 e. The molecule has 2 fully saturated rings. The van der Waals surface area contributed by atoms with E-state index in [9.17, 15) is 18.3 Å². The number of aliphatic imine (C=N–C) groups is 1. The van der Waals surface area contributed by atoms with E-state index in [1.165, 1.54) is 0 Å². The van der Waals surface area contributed by atoms with Crippen LogP contribution in [0.4, 0.5) is 18.9 Å². The number of aliphatic hydroxyl groups is 1. The first-order chi connectivity index (χ1) is 16.3. The summed E-state index contributed by atoms with van der Waals surface area (Å²) in [6.45, 7) is 2.88. The van der Waals surface area contributed by atoms with Gasteiger partial charge in [0.1, 0.15) is 23.2 Å². The second-order valence-corrected chi connectivity index (χ2v) is 8.40. The summed E-state index contributed by atoms with van der Waals surface area (Å²) in [5.41, 5.74) is 5.11. The number of morpholine rings is 1. The second kappa shape index (κ2) is 9.01. The Morgan fingerprint density at radius 2 is 2.00 bits per heavy atom. The number of aromatic nitrogens is 2. The Labute approximate surface area is 193 Å². The summed E-state index contributed by atoms with van der Waals surface area (Å²) < 4.78 is 50.4. The lowest BCUT2D eigenvalue weighted by atomic mass is 10.0. The van der Waals surface area contributed by atoms with Crippen LogP contribution >= 0.6 is 0 Å². The van der Waals surface area contributed by atoms with Crippen LogP contribution in [0.5, 0.6) is 5.75 Å². The molecule has 12 heteroatoms. The van der Waals surface area contributed by atoms with Gasteiger partial charge in [-0.1, -0.05) is 6.08 Å². The number of halogens is 3. The molecule has 1 aromatic heterocycles. The molecule has 2 saturated heterocycles. The molecule has 182 valence electrons. The molecule has 9 nitrogen and oxygen atoms in total. The van der Waals surface area contributed by atoms with Crippen molar-refractivity contribution in [2.45, 2.75) is 43.8 Å². The Hall–Kier alpha value is -2.96. The van der Waals surface area contributed by atoms with Gasteiger partial charge in [0.05, 0.1) is 25.2 Å². The number of allylic oxidation sites excluding steroid dienone is 1. The predicted octanol–water partition coefficient (Wildman–Crippen LogP) is 2.86. The first-order valence-corrected chi connectivity index (χ1v) is 11.0. The number of fused-ring (bicyclic) bond motifs is 1. The van der Waals surface area contributed by atoms with Gasteiger partial charge in [-0.25, -0.2) is 20.3 Å². The van der Waals surface area contributed by atoms with Crippen molar-refractivity contribution in [1.82, 2.24) is 15.4 Å². The molecule has 0 amide bonds. The molecule has 3 aliphatic rings. The Bertz CT molecular complexity index is 1120. The molecule has 1 aromatic carbocycles. The number of amidine groups is 1. The van der Waals surface area contributed by atoms with Gasteiger partial charge in [0.15, 0.2) is 0 Å². The summed E-state index contributed by atoms with van der Waals surface area (Å²) in [6.07, 6.45) is 0.902. The first kappa shape index (κ1) is 22.8. The monoisotopic (exact) mass is 479 g/mol. The normalized spacial score (nSPS) is 27.1. The third-order valence-electron chi connectivity index (χ3n) is 6.00. The van der Waals surface area contributed by atoms with E-state index < -0.39 is 18.4 Å². The number of anilines is 1. The highest BCUT2D eigenvalue weighted by atomic mass is 19.4. The Kier molecular flexibility index (Phi) is 6.04. The van der Waals surface area contributed by atoms with Gasteiger partial charge in [0.2, 0.25) is 0 Å². The minimum absolute atomic E-state index is 0.0649. The van der Waals surface area contributed by atoms with Crippen LogP contribution in [0.2, 0.25) is 0 Å². The highest BCUT2D eigenvalue weighted by Crippen LogP contribution is 2.37. The molecule has 3 heterocycles. The molecule has 1 unspecified atom stereocenters. The molecule has 2 N–H and O–H groups in total. The van der Waals surface area contributed by atoms with Gasteiger partial charge < -0.3 is 19.5 Å². The maximum atomic E-state index is 12.9. The lowest BCUT2D eigenvalue weighted by molar-refractivity contribution is -0.361. The van der Waals surface area contributed by atoms with Gasteiger partial charge in [-0.05, 0) is 18.9 Å². The average molecular weight is 479 g/mol. The van der Waals surface area contributed by atoms with Crippen LogP contribution in [-0.4, -0.2) is 65.3 Å². The zero-order valence-corrected chi connectivity index (χ0v) is 18.2. The quantitative estimate of drug-likeness (QED) is 0.691. The Morgan fingerprint density at radius 3 is 2.71 bits per heavy atom. The smallest absolute Gasteiger partial charge is 0.445 e. The van der Waals surface area contributed by atoms with Gasteiger partial charge in [-0.3, -0.25) is 4.98 Å². The van der Waals surface area contributed by atoms with Crippen molar-refractivity contribution in [3.05, 3.63) is 36.3 Å². The number of alkyl halides is 3. The van der Waals surface area contributed by atoms with Crippen molar-refractivity contribution in [1.29, 1.82) is 0 Å². The van der Waals surface area contributed by atoms with E-state index in [4.69, 9.17) is 9.47 Å². The number of hydrogen-bond donors (Lipinski definition) is 2. The predicted molar refractivity (Wildman–Crippen MR) is 116 cm³/mol. The fourth-order valence-corrected chi connectivity index (χ4v) is 4.14. The van der Waals surface area contributed by atoms with Crippen LogP contribution < -0.4 is 15.1 Å². The number of nitrogens with one attached hydrogen (secondary N) is 1. The molecule has 0 saturated carbocycles. The van der Waals surface area contributed by atoms with Gasteiger partial charge in [-0.15, -0.1) is 0 Å². The van der Waals surface area contributed by atoms with Crippen LogP contribution in [0.1, 0.15) is 25.7 Å². The number of hydroxylamine groups is 1. The van der Waals surface area contributed by atoms with Gasteiger partial charge >= 0.3 is 6.18 Å². The third kappa shape index (κ3) is 4.65. The lowest BCUT2D eigenvalue weighted by Gasteiger charge is -2.30. The second-order valence-electron chi connectivity index (χ2n) is 8.40. The number of benzene rings is 1. The summed E-state index contributed by atoms with van der Waals surface area (Å²) in [6, 6.07) is 3.97. The zero-order valence-electron chi connectivity index (χ0n) is 18.2. The van der Waals surface area contributed by atoms with E-state index in [1.54, 1.807) is 12.4 Å². The minimum atomic E-state index is -4.92. The molecule has 0 spiro atoms. The van der Waals surface area contributed by atoms with Crippen LogP contribution in [-0.2, 0) is 9.57 Å². The first-order valence-electron chi connectivity index (χ1n) is 11.0. The molecule has 2 aliphatic heterocycles. The molecule has 1 aliphatic carbocycles. The van der Waals surface area contributed by atoms with Crippen molar-refractivity contribution < 1.29 is 32.6 Å². The highest BCUT2D eigenvalue weighted by molar-refractivity contribution is 5.85. The van der Waals surface area contributed by atoms with Crippen LogP contribution in [0.3, 0.4) is 0 Å². The van der Waals surface area contributed by atoms with Crippen molar-refractivity contribution in [2.75, 3.05) is 31.2 Å². The lowest BCUT2D eigenvalue weighted by Crippen LogP contribution is -2.45. The molecule has 5 rings (SSSR count). The van der Waals surface area contributed by atoms with E-state index in [2.05, 4.69) is 30.2 Å². The number of ether oxygens (including phenoxy) is 2. The Morgan fingerprint density at radius 1 is 1.21 bits per heavy atom. The third-order valence-corrected chi connectivity index (χ3v) is 6.00. The van der Waals surface area contributed by atoms with E-state index in [0.717, 1.165) is 24.3 Å². The number of hydrogen-bond acceptors (Lipinski definition) is 8. The SMILES string of the molecule is OC1(C(F)(F)F)CC(=NC2=CC[C@H](Oc3cc(N4CCOCC4)cc4nccnc34)CC2)NO1. The maximum absolute atomic E-state index is 12.9. The standard InChI is InChI=1S/C22H24F3N5O4/c23-22(24,25)21(31)13-19(29-34-21)28-14-1-3-16(4-2-14)33-18-12-15(30-7-9-32-10-8-30)11-17-20(18)27-6-5-26-17/h1,5-6,11-12,16,31H,2-4,7-10,13H2,(H,28,29)/t16-,21?/m0/s1. The molecular formula is C22H24F3N5O4. The van der Waals surface area contributed by atoms with Crippen molar-refractivity contribution in [3.63, 3.8) is 0 Å². The van der Waals surface area contributed by atoms with Crippen LogP contribution in [0, 0.1) is 0 Å². The van der Waals surface area contributed by atoms with Crippen molar-refractivity contribution in [2.24, 2.45) is 4.99 Å². The van der Waals surface area contributed by atoms with Gasteiger partial charge in [0, 0.05) is 49.4 Å². The van der Waals surface area contributed by atoms with Crippen LogP contribution in [0.15, 0.2) is 41.3 Å². The number of rotatable bonds is 4. The fraction of sp³-hybridized carbons (Fsp3) is 0.500. The topological polar surface area (TPSA) is 101 Å². The average Bonchev–Trinajstić information content (AvgIpc) is 3.22. The summed E-state index contributed by atoms with van der Waals surface area (Å²) >= 11 is 0. The summed E-state index contributed by atoms with van der Waals surface area (Å²) in [4.78, 5) is 19.6. The molecule has 0 radical (unpaired) electrons. The van der Waals surface area contributed by atoms with Crippen LogP contribution in [0.25, 0.3) is 11.0 Å². The number of nitrogens with zero attached hydrogens (tertiary/aromatic N) is 4. The van der Waals surface area contributed by atoms with E-state index in [0.29, 0.717) is 49.4 Å². The highest BCUT2D eigenvalue weighted by Gasteiger charge is 2.59. The Balaban J connectivity index is 1.29. The van der Waals surface area contributed by atoms with Crippen molar-refractivity contribution >= 4 is 22.6 Å². The largest absolute Gasteiger partial charge is 0.488 e. The van der Waals surface area contributed by atoms with E-state index >= 15 is 0 Å². The molecule has 34 heavy (non-hydrogen) atoms. The molecule has 2 atom stereocenters. The van der Waals surface area contributed by atoms with E-state index in [1.807, 2.05) is 18.2 Å². The fourth-order valence-electron chi connectivity index (χ4n) is 4.14. The zero-order chi connectivity index (χ0) is 23.8. The van der Waals surface area contributed by atoms with Gasteiger partial charge in [0.25, 0.3) is 5.79 Å². The van der Waals surface area contributed by atoms with Gasteiger partial charge in [-0.2, -0.15) is 13.2 Å². The van der Waals surface area contributed by atoms with Crippen molar-refractivity contribution in [3.8, 4) is 5.75 Å². The van der Waals surface area contributed by atoms with E-state index in [-0.39, 0.29) is 11.9 Å².